The molecule has 3 nitrogen and oxygen atoms in total. The molecule has 0 aromatic rings. The van der Waals surface area contributed by atoms with E-state index in [1.807, 2.05) is 0 Å². The number of alkyl halides is 3. The van der Waals surface area contributed by atoms with Crippen molar-refractivity contribution < 1.29 is 22.4 Å². The van der Waals surface area contributed by atoms with Gasteiger partial charge < -0.3 is 4.43 Å². The first-order valence-electron chi connectivity index (χ1n) is 7.55. The normalized spacial score (nSPS) is 16.3. The standard InChI is InChI=1S/C14H30F3NO2Si/c1-7-8-9-10-11-12-13(14(15,16)17,18(2)19-3)20-21(4,5)6/h7-12H2,1-6H3. The Kier molecular flexibility index (Phi) is 8.46. The molecule has 0 aromatic carbocycles. The Hall–Kier alpha value is -0.113. The highest BCUT2D eigenvalue weighted by atomic mass is 28.4. The Morgan fingerprint density at radius 1 is 1.00 bits per heavy atom. The molecule has 0 rings (SSSR count). The highest BCUT2D eigenvalue weighted by molar-refractivity contribution is 6.69. The van der Waals surface area contributed by atoms with Crippen LogP contribution < -0.4 is 0 Å². The lowest BCUT2D eigenvalue weighted by Crippen LogP contribution is -2.62. The van der Waals surface area contributed by atoms with Crippen molar-refractivity contribution in [1.82, 2.24) is 5.06 Å². The van der Waals surface area contributed by atoms with E-state index in [2.05, 4.69) is 6.92 Å². The second kappa shape index (κ2) is 8.50. The van der Waals surface area contributed by atoms with Gasteiger partial charge in [-0.2, -0.15) is 18.2 Å². The summed E-state index contributed by atoms with van der Waals surface area (Å²) in [5.41, 5.74) is -2.35. The van der Waals surface area contributed by atoms with Crippen molar-refractivity contribution in [2.24, 2.45) is 0 Å². The number of hydroxylamine groups is 2. The van der Waals surface area contributed by atoms with Crippen molar-refractivity contribution in [2.45, 2.75) is 77.0 Å². The van der Waals surface area contributed by atoms with Gasteiger partial charge in [0, 0.05) is 13.5 Å². The third-order valence-electron chi connectivity index (χ3n) is 3.32. The summed E-state index contributed by atoms with van der Waals surface area (Å²) in [7, 11) is 0.134. The number of hydrogen-bond acceptors (Lipinski definition) is 3. The molecule has 0 saturated carbocycles. The van der Waals surface area contributed by atoms with E-state index < -0.39 is 20.2 Å². The van der Waals surface area contributed by atoms with E-state index in [9.17, 15) is 13.2 Å². The maximum Gasteiger partial charge on any atom is 0.432 e. The predicted molar refractivity (Wildman–Crippen MR) is 81.4 cm³/mol. The summed E-state index contributed by atoms with van der Waals surface area (Å²) in [4.78, 5) is 4.88. The minimum Gasteiger partial charge on any atom is -0.391 e. The summed E-state index contributed by atoms with van der Waals surface area (Å²) in [5.74, 6) is 0. The topological polar surface area (TPSA) is 21.7 Å². The summed E-state index contributed by atoms with van der Waals surface area (Å²) >= 11 is 0. The van der Waals surface area contributed by atoms with Crippen LogP contribution in [0.25, 0.3) is 0 Å². The van der Waals surface area contributed by atoms with Gasteiger partial charge >= 0.3 is 6.18 Å². The van der Waals surface area contributed by atoms with Crippen molar-refractivity contribution in [3.63, 3.8) is 0 Å². The van der Waals surface area contributed by atoms with E-state index in [1.54, 1.807) is 19.6 Å². The van der Waals surface area contributed by atoms with Crippen LogP contribution in [0.3, 0.4) is 0 Å². The zero-order valence-electron chi connectivity index (χ0n) is 14.1. The third-order valence-corrected chi connectivity index (χ3v) is 4.27. The van der Waals surface area contributed by atoms with Gasteiger partial charge in [0.05, 0.1) is 7.11 Å². The molecule has 0 fully saturated rings. The van der Waals surface area contributed by atoms with Gasteiger partial charge in [-0.1, -0.05) is 32.6 Å². The van der Waals surface area contributed by atoms with Gasteiger partial charge in [0.15, 0.2) is 8.32 Å². The molecule has 7 heteroatoms. The fraction of sp³-hybridized carbons (Fsp3) is 1.00. The molecule has 0 aromatic heterocycles. The molecular weight excluding hydrogens is 299 g/mol. The second-order valence-corrected chi connectivity index (χ2v) is 10.8. The van der Waals surface area contributed by atoms with Crippen molar-refractivity contribution in [3.05, 3.63) is 0 Å². The third kappa shape index (κ3) is 6.67. The average molecular weight is 329 g/mol. The van der Waals surface area contributed by atoms with E-state index in [0.717, 1.165) is 30.7 Å². The first kappa shape index (κ1) is 20.9. The summed E-state index contributed by atoms with van der Waals surface area (Å²) in [5, 5.41) is 0.824. The first-order chi connectivity index (χ1) is 9.50. The number of halogens is 3. The fourth-order valence-electron chi connectivity index (χ4n) is 2.27. The van der Waals surface area contributed by atoms with Gasteiger partial charge in [-0.05, 0) is 26.1 Å². The Bertz CT molecular complexity index is 295. The number of hydrogen-bond donors (Lipinski definition) is 0. The predicted octanol–water partition coefficient (Wildman–Crippen LogP) is 4.95. The van der Waals surface area contributed by atoms with E-state index in [4.69, 9.17) is 9.26 Å². The van der Waals surface area contributed by atoms with Crippen LogP contribution in [-0.2, 0) is 9.26 Å². The maximum absolute atomic E-state index is 13.7. The average Bonchev–Trinajstić information content (AvgIpc) is 2.33. The van der Waals surface area contributed by atoms with E-state index in [1.165, 1.54) is 14.2 Å². The molecule has 1 atom stereocenters. The second-order valence-electron chi connectivity index (χ2n) is 6.34. The van der Waals surface area contributed by atoms with E-state index in [0.29, 0.717) is 6.42 Å². The van der Waals surface area contributed by atoms with Crippen LogP contribution in [-0.4, -0.2) is 39.4 Å². The lowest BCUT2D eigenvalue weighted by atomic mass is 10.0. The summed E-state index contributed by atoms with van der Waals surface area (Å²) < 4.78 is 46.6. The molecule has 1 unspecified atom stereocenters. The largest absolute Gasteiger partial charge is 0.432 e. The van der Waals surface area contributed by atoms with Gasteiger partial charge in [0.1, 0.15) is 0 Å². The monoisotopic (exact) mass is 329 g/mol. The molecular formula is C14H30F3NO2Si. The van der Waals surface area contributed by atoms with Crippen LogP contribution in [0.2, 0.25) is 19.6 Å². The van der Waals surface area contributed by atoms with Crippen LogP contribution in [0.4, 0.5) is 13.2 Å². The van der Waals surface area contributed by atoms with Crippen molar-refractivity contribution >= 4 is 8.32 Å². The summed E-state index contributed by atoms with van der Waals surface area (Å²) in [6, 6.07) is 0. The number of unbranched alkanes of at least 4 members (excludes halogenated alkanes) is 4. The maximum atomic E-state index is 13.7. The molecule has 0 aliphatic rings. The minimum atomic E-state index is -4.50. The Balaban J connectivity index is 5.11. The molecule has 0 aliphatic heterocycles. The SMILES string of the molecule is CCCCCCCC(O[Si](C)(C)C)(N(C)OC)C(F)(F)F. The summed E-state index contributed by atoms with van der Waals surface area (Å²) in [6.07, 6.45) is -0.288. The first-order valence-corrected chi connectivity index (χ1v) is 11.0. The van der Waals surface area contributed by atoms with Crippen LogP contribution in [0.5, 0.6) is 0 Å². The molecule has 128 valence electrons. The quantitative estimate of drug-likeness (QED) is 0.245. The van der Waals surface area contributed by atoms with Gasteiger partial charge in [-0.25, -0.2) is 0 Å². The van der Waals surface area contributed by atoms with Gasteiger partial charge in [0.2, 0.25) is 5.72 Å². The minimum absolute atomic E-state index is 0.102. The molecule has 0 N–H and O–H groups in total. The van der Waals surface area contributed by atoms with Gasteiger partial charge in [0.25, 0.3) is 0 Å². The van der Waals surface area contributed by atoms with Crippen LogP contribution >= 0.6 is 0 Å². The van der Waals surface area contributed by atoms with Crippen LogP contribution in [0.1, 0.15) is 45.4 Å². The molecule has 0 saturated heterocycles. The molecule has 0 bridgehead atoms. The van der Waals surface area contributed by atoms with E-state index in [-0.39, 0.29) is 6.42 Å². The highest BCUT2D eigenvalue weighted by Gasteiger charge is 2.60. The highest BCUT2D eigenvalue weighted by Crippen LogP contribution is 2.42. The van der Waals surface area contributed by atoms with Crippen molar-refractivity contribution in [1.29, 1.82) is 0 Å². The molecule has 0 aliphatic carbocycles. The van der Waals surface area contributed by atoms with E-state index >= 15 is 0 Å². The van der Waals surface area contributed by atoms with Crippen LogP contribution in [0, 0.1) is 0 Å². The smallest absolute Gasteiger partial charge is 0.391 e. The van der Waals surface area contributed by atoms with Crippen molar-refractivity contribution in [3.8, 4) is 0 Å². The van der Waals surface area contributed by atoms with Gasteiger partial charge in [-0.15, -0.1) is 0 Å². The van der Waals surface area contributed by atoms with Crippen molar-refractivity contribution in [2.75, 3.05) is 14.2 Å². The van der Waals surface area contributed by atoms with Crippen LogP contribution in [0.15, 0.2) is 0 Å². The lowest BCUT2D eigenvalue weighted by molar-refractivity contribution is -0.373. The molecule has 21 heavy (non-hydrogen) atoms. The molecule has 0 heterocycles. The molecule has 0 spiro atoms. The zero-order valence-corrected chi connectivity index (χ0v) is 15.1. The Labute approximate surface area is 127 Å². The number of rotatable bonds is 10. The fourth-order valence-corrected chi connectivity index (χ4v) is 3.63. The molecule has 0 radical (unpaired) electrons. The van der Waals surface area contributed by atoms with Gasteiger partial charge in [-0.3, -0.25) is 4.84 Å². The Morgan fingerprint density at radius 3 is 1.90 bits per heavy atom. The molecule has 0 amide bonds. The Morgan fingerprint density at radius 2 is 1.52 bits per heavy atom. The summed E-state index contributed by atoms with van der Waals surface area (Å²) in [6.45, 7) is 7.35. The zero-order chi connectivity index (χ0) is 16.7. The lowest BCUT2D eigenvalue weighted by Gasteiger charge is -2.44. The number of nitrogens with zero attached hydrogens (tertiary/aromatic N) is 1.